The van der Waals surface area contributed by atoms with Crippen LogP contribution in [0, 0.1) is 0 Å². The summed E-state index contributed by atoms with van der Waals surface area (Å²) < 4.78 is 5.36. The van der Waals surface area contributed by atoms with Crippen LogP contribution in [0.15, 0.2) is 30.3 Å². The van der Waals surface area contributed by atoms with Gasteiger partial charge in [-0.15, -0.1) is 0 Å². The van der Waals surface area contributed by atoms with Crippen molar-refractivity contribution in [2.75, 3.05) is 6.61 Å². The molecule has 18 heavy (non-hydrogen) atoms. The second-order valence-electron chi connectivity index (χ2n) is 5.01. The number of ether oxygens (including phenoxy) is 1. The van der Waals surface area contributed by atoms with Gasteiger partial charge < -0.3 is 16.0 Å². The van der Waals surface area contributed by atoms with Crippen LogP contribution < -0.4 is 6.15 Å². The second kappa shape index (κ2) is 7.13. The Balaban J connectivity index is 0.00000289. The summed E-state index contributed by atoms with van der Waals surface area (Å²) in [6, 6.07) is 9.41. The summed E-state index contributed by atoms with van der Waals surface area (Å²) in [5.41, 5.74) is 0.385. The van der Waals surface area contributed by atoms with Crippen molar-refractivity contribution in [3.05, 3.63) is 35.9 Å². The molecule has 0 saturated carbocycles. The van der Waals surface area contributed by atoms with E-state index < -0.39 is 5.60 Å². The Morgan fingerprint density at radius 1 is 1.28 bits per heavy atom. The van der Waals surface area contributed by atoms with E-state index in [1.807, 2.05) is 51.1 Å². The Labute approximate surface area is 109 Å². The van der Waals surface area contributed by atoms with E-state index in [1.165, 1.54) is 0 Å². The molecule has 0 radical (unpaired) electrons. The van der Waals surface area contributed by atoms with Crippen LogP contribution in [0.4, 0.5) is 0 Å². The Kier molecular flexibility index (Phi) is 6.58. The first kappa shape index (κ1) is 16.6. The molecule has 1 aromatic rings. The molecule has 0 amide bonds. The number of hydrogen-bond acceptors (Lipinski definition) is 4. The van der Waals surface area contributed by atoms with Crippen molar-refractivity contribution in [1.29, 1.82) is 0 Å². The SMILES string of the molecule is CC(C)(C)OC(=O)C(CCO)c1ccccc1.N. The Morgan fingerprint density at radius 3 is 2.28 bits per heavy atom. The van der Waals surface area contributed by atoms with E-state index in [9.17, 15) is 4.79 Å². The zero-order valence-corrected chi connectivity index (χ0v) is 11.3. The van der Waals surface area contributed by atoms with E-state index in [1.54, 1.807) is 0 Å². The molecule has 1 unspecified atom stereocenters. The van der Waals surface area contributed by atoms with Crippen molar-refractivity contribution < 1.29 is 14.6 Å². The number of benzene rings is 1. The minimum absolute atomic E-state index is 0. The zero-order chi connectivity index (χ0) is 12.9. The van der Waals surface area contributed by atoms with Gasteiger partial charge in [-0.2, -0.15) is 0 Å². The first-order valence-corrected chi connectivity index (χ1v) is 5.82. The van der Waals surface area contributed by atoms with Gasteiger partial charge in [0.2, 0.25) is 0 Å². The third kappa shape index (κ3) is 5.29. The molecule has 4 N–H and O–H groups in total. The first-order valence-electron chi connectivity index (χ1n) is 5.82. The average molecular weight is 253 g/mol. The molecule has 4 nitrogen and oxygen atoms in total. The van der Waals surface area contributed by atoms with Crippen LogP contribution in [0.5, 0.6) is 0 Å². The average Bonchev–Trinajstić information content (AvgIpc) is 2.24. The largest absolute Gasteiger partial charge is 0.459 e. The molecule has 0 aliphatic heterocycles. The second-order valence-corrected chi connectivity index (χ2v) is 5.01. The number of carbonyl (C=O) groups is 1. The number of carbonyl (C=O) groups excluding carboxylic acids is 1. The lowest BCUT2D eigenvalue weighted by Crippen LogP contribution is -2.28. The molecule has 0 saturated heterocycles. The van der Waals surface area contributed by atoms with Crippen LogP contribution in [0.2, 0.25) is 0 Å². The first-order chi connectivity index (χ1) is 7.94. The normalized spacial score (nSPS) is 12.4. The maximum absolute atomic E-state index is 12.0. The highest BCUT2D eigenvalue weighted by molar-refractivity contribution is 5.78. The summed E-state index contributed by atoms with van der Waals surface area (Å²) in [5.74, 6) is -0.668. The fraction of sp³-hybridized carbons (Fsp3) is 0.500. The van der Waals surface area contributed by atoms with Gasteiger partial charge >= 0.3 is 5.97 Å². The molecular formula is C14H23NO3. The van der Waals surface area contributed by atoms with Crippen molar-refractivity contribution >= 4 is 5.97 Å². The van der Waals surface area contributed by atoms with Gasteiger partial charge in [0.05, 0.1) is 5.92 Å². The van der Waals surface area contributed by atoms with Gasteiger partial charge in [-0.05, 0) is 32.8 Å². The minimum atomic E-state index is -0.500. The molecule has 0 aromatic heterocycles. The van der Waals surface area contributed by atoms with Gasteiger partial charge in [-0.1, -0.05) is 30.3 Å². The summed E-state index contributed by atoms with van der Waals surface area (Å²) in [6.45, 7) is 5.49. The van der Waals surface area contributed by atoms with E-state index in [4.69, 9.17) is 9.84 Å². The van der Waals surface area contributed by atoms with Gasteiger partial charge in [0.1, 0.15) is 5.60 Å². The molecule has 0 aliphatic carbocycles. The van der Waals surface area contributed by atoms with Crippen LogP contribution >= 0.6 is 0 Å². The van der Waals surface area contributed by atoms with E-state index in [2.05, 4.69) is 0 Å². The Hall–Kier alpha value is -1.39. The fourth-order valence-corrected chi connectivity index (χ4v) is 1.61. The highest BCUT2D eigenvalue weighted by Crippen LogP contribution is 2.23. The summed E-state index contributed by atoms with van der Waals surface area (Å²) in [7, 11) is 0. The topological polar surface area (TPSA) is 81.5 Å². The van der Waals surface area contributed by atoms with Crippen molar-refractivity contribution in [1.82, 2.24) is 6.15 Å². The van der Waals surface area contributed by atoms with Crippen LogP contribution in [0.25, 0.3) is 0 Å². The van der Waals surface area contributed by atoms with Crippen molar-refractivity contribution in [3.8, 4) is 0 Å². The molecular weight excluding hydrogens is 230 g/mol. The van der Waals surface area contributed by atoms with Crippen LogP contribution in [-0.2, 0) is 9.53 Å². The lowest BCUT2D eigenvalue weighted by Gasteiger charge is -2.23. The Bertz CT molecular complexity index is 357. The molecule has 102 valence electrons. The van der Waals surface area contributed by atoms with E-state index >= 15 is 0 Å². The third-order valence-electron chi connectivity index (χ3n) is 2.31. The molecule has 0 heterocycles. The van der Waals surface area contributed by atoms with Crippen LogP contribution in [-0.4, -0.2) is 23.3 Å². The maximum Gasteiger partial charge on any atom is 0.314 e. The summed E-state index contributed by atoms with van der Waals surface area (Å²) in [4.78, 5) is 12.0. The van der Waals surface area contributed by atoms with E-state index in [0.717, 1.165) is 5.56 Å². The van der Waals surface area contributed by atoms with Gasteiger partial charge in [-0.25, -0.2) is 0 Å². The molecule has 1 rings (SSSR count). The predicted octanol–water partition coefficient (Wildman–Crippen LogP) is 2.66. The smallest absolute Gasteiger partial charge is 0.314 e. The van der Waals surface area contributed by atoms with Gasteiger partial charge in [0.25, 0.3) is 0 Å². The third-order valence-corrected chi connectivity index (χ3v) is 2.31. The number of rotatable bonds is 4. The zero-order valence-electron chi connectivity index (χ0n) is 11.3. The van der Waals surface area contributed by atoms with Crippen LogP contribution in [0.1, 0.15) is 38.7 Å². The monoisotopic (exact) mass is 253 g/mol. The maximum atomic E-state index is 12.0. The number of aliphatic hydroxyl groups excluding tert-OH is 1. The fourth-order valence-electron chi connectivity index (χ4n) is 1.61. The highest BCUT2D eigenvalue weighted by atomic mass is 16.6. The lowest BCUT2D eigenvalue weighted by molar-refractivity contribution is -0.157. The van der Waals surface area contributed by atoms with Crippen molar-refractivity contribution in [2.24, 2.45) is 0 Å². The van der Waals surface area contributed by atoms with E-state index in [-0.39, 0.29) is 24.6 Å². The molecule has 1 aromatic carbocycles. The van der Waals surface area contributed by atoms with Crippen molar-refractivity contribution in [2.45, 2.75) is 38.7 Å². The van der Waals surface area contributed by atoms with Crippen LogP contribution in [0.3, 0.4) is 0 Å². The summed E-state index contributed by atoms with van der Waals surface area (Å²) in [6.07, 6.45) is 0.388. The molecule has 0 bridgehead atoms. The number of hydrogen-bond donors (Lipinski definition) is 2. The van der Waals surface area contributed by atoms with Gasteiger partial charge in [0, 0.05) is 6.61 Å². The number of aliphatic hydroxyl groups is 1. The van der Waals surface area contributed by atoms with Gasteiger partial charge in [0.15, 0.2) is 0 Å². The van der Waals surface area contributed by atoms with E-state index in [0.29, 0.717) is 6.42 Å². The highest BCUT2D eigenvalue weighted by Gasteiger charge is 2.25. The minimum Gasteiger partial charge on any atom is -0.459 e. The molecule has 0 aliphatic rings. The predicted molar refractivity (Wildman–Crippen MR) is 71.8 cm³/mol. The lowest BCUT2D eigenvalue weighted by atomic mass is 9.96. The summed E-state index contributed by atoms with van der Waals surface area (Å²) >= 11 is 0. The van der Waals surface area contributed by atoms with Gasteiger partial charge in [-0.3, -0.25) is 4.79 Å². The van der Waals surface area contributed by atoms with Crippen molar-refractivity contribution in [3.63, 3.8) is 0 Å². The standard InChI is InChI=1S/C14H20O3.H3N/c1-14(2,3)17-13(16)12(9-10-15)11-7-5-4-6-8-11;/h4-8,12,15H,9-10H2,1-3H3;1H3. The molecule has 1 atom stereocenters. The Morgan fingerprint density at radius 2 is 1.83 bits per heavy atom. The molecule has 0 fully saturated rings. The quantitative estimate of drug-likeness (QED) is 0.808. The molecule has 0 spiro atoms. The molecule has 4 heteroatoms. The number of esters is 1. The summed E-state index contributed by atoms with van der Waals surface area (Å²) in [5, 5.41) is 9.04.